The summed E-state index contributed by atoms with van der Waals surface area (Å²) in [5.74, 6) is 0.0379. The lowest BCUT2D eigenvalue weighted by molar-refractivity contribution is -0.393. The molecular weight excluding hydrogens is 214 g/mol. The van der Waals surface area contributed by atoms with Crippen molar-refractivity contribution in [3.8, 4) is 0 Å². The summed E-state index contributed by atoms with van der Waals surface area (Å²) < 4.78 is 0. The molecular formula is C13H18N3O+. The molecule has 1 amide bonds. The minimum atomic E-state index is 0.0379. The van der Waals surface area contributed by atoms with Crippen LogP contribution in [0.3, 0.4) is 0 Å². The van der Waals surface area contributed by atoms with E-state index in [4.69, 9.17) is 0 Å². The third kappa shape index (κ3) is 3.14. The second-order valence-electron chi connectivity index (χ2n) is 4.19. The molecule has 2 rings (SSSR count). The summed E-state index contributed by atoms with van der Waals surface area (Å²) in [6.45, 7) is 7.84. The lowest BCUT2D eigenvalue weighted by Crippen LogP contribution is -2.48. The molecule has 0 spiro atoms. The van der Waals surface area contributed by atoms with Crippen molar-refractivity contribution < 1.29 is 9.78 Å². The molecule has 1 aliphatic heterocycles. The van der Waals surface area contributed by atoms with Crippen LogP contribution in [0.1, 0.15) is 5.69 Å². The van der Waals surface area contributed by atoms with Gasteiger partial charge in [0.2, 0.25) is 5.91 Å². The van der Waals surface area contributed by atoms with Crippen molar-refractivity contribution in [3.05, 3.63) is 42.7 Å². The summed E-state index contributed by atoms with van der Waals surface area (Å²) in [7, 11) is 0. The van der Waals surface area contributed by atoms with E-state index in [0.29, 0.717) is 0 Å². The van der Waals surface area contributed by atoms with E-state index in [1.807, 2.05) is 23.2 Å². The third-order valence-corrected chi connectivity index (χ3v) is 3.03. The van der Waals surface area contributed by atoms with E-state index >= 15 is 0 Å². The summed E-state index contributed by atoms with van der Waals surface area (Å²) in [5, 5.41) is 0. The minimum absolute atomic E-state index is 0.0379. The van der Waals surface area contributed by atoms with E-state index < -0.39 is 0 Å². The quantitative estimate of drug-likeness (QED) is 0.704. The summed E-state index contributed by atoms with van der Waals surface area (Å²) in [6.07, 6.45) is 3.33. The van der Waals surface area contributed by atoms with Gasteiger partial charge in [-0.1, -0.05) is 12.6 Å². The molecule has 2 heterocycles. The Hall–Kier alpha value is -1.68. The summed E-state index contributed by atoms with van der Waals surface area (Å²) in [4.78, 5) is 18.8. The maximum atomic E-state index is 11.4. The molecule has 0 aromatic carbocycles. The van der Waals surface area contributed by atoms with Gasteiger partial charge in [0.15, 0.2) is 11.9 Å². The van der Waals surface area contributed by atoms with Crippen molar-refractivity contribution in [2.24, 2.45) is 0 Å². The van der Waals surface area contributed by atoms with Gasteiger partial charge in [-0.05, 0) is 6.08 Å². The molecule has 0 aliphatic carbocycles. The molecule has 1 aromatic heterocycles. The van der Waals surface area contributed by atoms with Crippen molar-refractivity contribution in [2.45, 2.75) is 6.54 Å². The number of hydrogen-bond acceptors (Lipinski definition) is 2. The molecule has 0 radical (unpaired) electrons. The highest BCUT2D eigenvalue weighted by atomic mass is 16.2. The Morgan fingerprint density at radius 1 is 1.35 bits per heavy atom. The average Bonchev–Trinajstić information content (AvgIpc) is 2.40. The fourth-order valence-electron chi connectivity index (χ4n) is 2.03. The Kier molecular flexibility index (Phi) is 3.88. The zero-order valence-corrected chi connectivity index (χ0v) is 9.93. The molecule has 0 saturated carbocycles. The molecule has 0 bridgehead atoms. The Bertz CT molecular complexity index is 383. The van der Waals surface area contributed by atoms with Crippen LogP contribution in [0.4, 0.5) is 0 Å². The van der Waals surface area contributed by atoms with Gasteiger partial charge >= 0.3 is 0 Å². The molecule has 1 aromatic rings. The normalized spacial score (nSPS) is 16.8. The summed E-state index contributed by atoms with van der Waals surface area (Å²) in [6, 6.07) is 6.09. The predicted molar refractivity (Wildman–Crippen MR) is 65.1 cm³/mol. The van der Waals surface area contributed by atoms with Crippen LogP contribution < -0.4 is 4.98 Å². The van der Waals surface area contributed by atoms with Gasteiger partial charge in [-0.25, -0.2) is 4.98 Å². The Labute approximate surface area is 102 Å². The molecule has 0 atom stereocenters. The van der Waals surface area contributed by atoms with Crippen LogP contribution in [-0.4, -0.2) is 41.9 Å². The predicted octanol–water partition coefficient (Wildman–Crippen LogP) is 0.331. The van der Waals surface area contributed by atoms with E-state index in [1.165, 1.54) is 11.8 Å². The van der Waals surface area contributed by atoms with E-state index in [1.54, 1.807) is 0 Å². The van der Waals surface area contributed by atoms with Gasteiger partial charge < -0.3 is 4.90 Å². The lowest BCUT2D eigenvalue weighted by Gasteiger charge is -2.33. The van der Waals surface area contributed by atoms with Gasteiger partial charge in [-0.3, -0.25) is 9.69 Å². The number of piperazine rings is 1. The van der Waals surface area contributed by atoms with Crippen molar-refractivity contribution in [1.29, 1.82) is 0 Å². The number of carbonyl (C=O) groups excluding carboxylic acids is 1. The zero-order chi connectivity index (χ0) is 12.1. The molecule has 1 saturated heterocycles. The molecule has 17 heavy (non-hydrogen) atoms. The van der Waals surface area contributed by atoms with Crippen LogP contribution >= 0.6 is 0 Å². The number of rotatable bonds is 3. The second-order valence-corrected chi connectivity index (χ2v) is 4.19. The molecule has 1 N–H and O–H groups in total. The van der Waals surface area contributed by atoms with Gasteiger partial charge in [0.05, 0.1) is 6.54 Å². The van der Waals surface area contributed by atoms with E-state index in [9.17, 15) is 4.79 Å². The lowest BCUT2D eigenvalue weighted by atomic mass is 10.2. The van der Waals surface area contributed by atoms with Crippen LogP contribution in [0.5, 0.6) is 0 Å². The number of carbonyl (C=O) groups is 1. The van der Waals surface area contributed by atoms with Crippen molar-refractivity contribution in [2.75, 3.05) is 26.2 Å². The molecule has 0 unspecified atom stereocenters. The Balaban J connectivity index is 1.83. The maximum absolute atomic E-state index is 11.4. The van der Waals surface area contributed by atoms with Gasteiger partial charge in [-0.2, -0.15) is 0 Å². The number of aromatic amines is 1. The van der Waals surface area contributed by atoms with E-state index in [-0.39, 0.29) is 5.91 Å². The number of nitrogens with zero attached hydrogens (tertiary/aromatic N) is 2. The molecule has 4 heteroatoms. The van der Waals surface area contributed by atoms with Crippen LogP contribution in [0.15, 0.2) is 37.1 Å². The number of pyridine rings is 1. The molecule has 4 nitrogen and oxygen atoms in total. The first-order chi connectivity index (χ1) is 8.29. The minimum Gasteiger partial charge on any atom is -0.337 e. The first-order valence-corrected chi connectivity index (χ1v) is 5.89. The van der Waals surface area contributed by atoms with Gasteiger partial charge in [0, 0.05) is 38.3 Å². The number of aromatic nitrogens is 1. The SMILES string of the molecule is C=CC(=O)N1CCN(Cc2cccc[nH+]2)CC1. The standard InChI is InChI=1S/C13H17N3O/c1-2-13(17)16-9-7-15(8-10-16)11-12-5-3-4-6-14-12/h2-6H,1,7-11H2/p+1. The van der Waals surface area contributed by atoms with E-state index in [2.05, 4.69) is 22.5 Å². The number of H-pyrrole nitrogens is 1. The largest absolute Gasteiger partial charge is 0.337 e. The van der Waals surface area contributed by atoms with Crippen LogP contribution in [0, 0.1) is 0 Å². The average molecular weight is 232 g/mol. The summed E-state index contributed by atoms with van der Waals surface area (Å²) in [5.41, 5.74) is 1.20. The number of amides is 1. The highest BCUT2D eigenvalue weighted by Gasteiger charge is 2.20. The van der Waals surface area contributed by atoms with Gasteiger partial charge in [-0.15, -0.1) is 0 Å². The Morgan fingerprint density at radius 2 is 2.12 bits per heavy atom. The highest BCUT2D eigenvalue weighted by Crippen LogP contribution is 2.05. The maximum Gasteiger partial charge on any atom is 0.246 e. The fraction of sp³-hybridized carbons (Fsp3) is 0.385. The molecule has 1 fully saturated rings. The van der Waals surface area contributed by atoms with Crippen LogP contribution in [0.25, 0.3) is 0 Å². The third-order valence-electron chi connectivity index (χ3n) is 3.03. The van der Waals surface area contributed by atoms with Crippen LogP contribution in [-0.2, 0) is 11.3 Å². The smallest absolute Gasteiger partial charge is 0.246 e. The first kappa shape index (κ1) is 11.8. The van der Waals surface area contributed by atoms with Crippen molar-refractivity contribution in [3.63, 3.8) is 0 Å². The number of hydrogen-bond donors (Lipinski definition) is 0. The van der Waals surface area contributed by atoms with Crippen molar-refractivity contribution in [1.82, 2.24) is 9.80 Å². The van der Waals surface area contributed by atoms with Gasteiger partial charge in [0.1, 0.15) is 0 Å². The van der Waals surface area contributed by atoms with Crippen molar-refractivity contribution >= 4 is 5.91 Å². The summed E-state index contributed by atoms with van der Waals surface area (Å²) >= 11 is 0. The fourth-order valence-corrected chi connectivity index (χ4v) is 2.03. The zero-order valence-electron chi connectivity index (χ0n) is 9.93. The topological polar surface area (TPSA) is 37.7 Å². The second kappa shape index (κ2) is 5.59. The molecule has 90 valence electrons. The number of nitrogens with one attached hydrogen (secondary N) is 1. The highest BCUT2D eigenvalue weighted by molar-refractivity contribution is 5.87. The van der Waals surface area contributed by atoms with Crippen LogP contribution in [0.2, 0.25) is 0 Å². The Morgan fingerprint density at radius 3 is 2.71 bits per heavy atom. The van der Waals surface area contributed by atoms with E-state index in [0.717, 1.165) is 32.7 Å². The monoisotopic (exact) mass is 232 g/mol. The first-order valence-electron chi connectivity index (χ1n) is 5.89. The molecule has 1 aliphatic rings. The van der Waals surface area contributed by atoms with Gasteiger partial charge in [0.25, 0.3) is 0 Å².